The van der Waals surface area contributed by atoms with Crippen LogP contribution in [0.25, 0.3) is 17.0 Å². The molecule has 0 unspecified atom stereocenters. The molecule has 0 saturated carbocycles. The smallest absolute Gasteiger partial charge is 0.309 e. The van der Waals surface area contributed by atoms with E-state index in [1.807, 2.05) is 38.1 Å². The SMILES string of the molecule is CCOC(=O)C1CCN(c2c(C=C3SC(=S)N(CCOC)C3=O)c(=O)n(CC)c3ccccc23)CC1. The lowest BCUT2D eigenvalue weighted by atomic mass is 9.95. The van der Waals surface area contributed by atoms with Crippen molar-refractivity contribution in [2.75, 3.05) is 44.9 Å². The van der Waals surface area contributed by atoms with Crippen LogP contribution in [0.5, 0.6) is 0 Å². The Hall–Kier alpha value is -2.69. The molecular formula is C26H31N3O5S2. The van der Waals surface area contributed by atoms with Crippen LogP contribution in [0.15, 0.2) is 34.0 Å². The summed E-state index contributed by atoms with van der Waals surface area (Å²) in [6, 6.07) is 7.83. The topological polar surface area (TPSA) is 81.1 Å². The number of rotatable bonds is 8. The van der Waals surface area contributed by atoms with Crippen LogP contribution in [0, 0.1) is 5.92 Å². The second-order valence-corrected chi connectivity index (χ2v) is 10.3. The van der Waals surface area contributed by atoms with E-state index >= 15 is 0 Å². The Kier molecular flexibility index (Phi) is 8.48. The van der Waals surface area contributed by atoms with Crippen molar-refractivity contribution < 1.29 is 19.1 Å². The summed E-state index contributed by atoms with van der Waals surface area (Å²) in [5.41, 5.74) is 1.96. The van der Waals surface area contributed by atoms with Crippen molar-refractivity contribution >= 4 is 62.8 Å². The molecule has 2 aromatic rings. The molecule has 0 bridgehead atoms. The molecule has 0 aliphatic carbocycles. The van der Waals surface area contributed by atoms with Crippen LogP contribution in [-0.4, -0.2) is 65.6 Å². The van der Waals surface area contributed by atoms with Crippen LogP contribution in [-0.2, 0) is 25.6 Å². The molecule has 192 valence electrons. The number of para-hydroxylation sites is 1. The van der Waals surface area contributed by atoms with E-state index in [9.17, 15) is 14.4 Å². The minimum absolute atomic E-state index is 0.149. The summed E-state index contributed by atoms with van der Waals surface area (Å²) >= 11 is 6.64. The average molecular weight is 530 g/mol. The quantitative estimate of drug-likeness (QED) is 0.291. The number of ether oxygens (including phenoxy) is 2. The molecule has 2 saturated heterocycles. The first-order valence-corrected chi connectivity index (χ1v) is 13.4. The summed E-state index contributed by atoms with van der Waals surface area (Å²) in [5.74, 6) is -0.531. The van der Waals surface area contributed by atoms with Gasteiger partial charge in [0.1, 0.15) is 4.32 Å². The number of esters is 1. The van der Waals surface area contributed by atoms with Gasteiger partial charge in [0.05, 0.1) is 47.3 Å². The number of aryl methyl sites for hydroxylation is 1. The molecule has 0 atom stereocenters. The maximum atomic E-state index is 13.8. The van der Waals surface area contributed by atoms with E-state index in [-0.39, 0.29) is 23.4 Å². The third-order valence-electron chi connectivity index (χ3n) is 6.60. The first-order valence-electron chi connectivity index (χ1n) is 12.2. The van der Waals surface area contributed by atoms with Crippen molar-refractivity contribution in [1.82, 2.24) is 9.47 Å². The molecule has 0 N–H and O–H groups in total. The van der Waals surface area contributed by atoms with Crippen LogP contribution in [0.4, 0.5) is 5.69 Å². The first kappa shape index (κ1) is 26.4. The summed E-state index contributed by atoms with van der Waals surface area (Å²) < 4.78 is 12.5. The van der Waals surface area contributed by atoms with Gasteiger partial charge in [-0.15, -0.1) is 0 Å². The molecule has 2 aliphatic rings. The monoisotopic (exact) mass is 529 g/mol. The van der Waals surface area contributed by atoms with Gasteiger partial charge in [0.15, 0.2) is 0 Å². The number of hydrogen-bond acceptors (Lipinski definition) is 8. The Bertz CT molecular complexity index is 1260. The molecule has 0 radical (unpaired) electrons. The zero-order valence-electron chi connectivity index (χ0n) is 20.8. The van der Waals surface area contributed by atoms with E-state index < -0.39 is 0 Å². The number of carbonyl (C=O) groups excluding carboxylic acids is 2. The van der Waals surface area contributed by atoms with Gasteiger partial charge in [0, 0.05) is 32.1 Å². The number of thiocarbonyl (C=S) groups is 1. The van der Waals surface area contributed by atoms with Gasteiger partial charge in [-0.3, -0.25) is 19.3 Å². The normalized spacial score (nSPS) is 18.0. The predicted octanol–water partition coefficient (Wildman–Crippen LogP) is 3.65. The number of amides is 1. The van der Waals surface area contributed by atoms with Crippen LogP contribution in [0.1, 0.15) is 32.3 Å². The van der Waals surface area contributed by atoms with E-state index in [1.165, 1.54) is 16.7 Å². The number of carbonyl (C=O) groups is 2. The highest BCUT2D eigenvalue weighted by Crippen LogP contribution is 2.37. The standard InChI is InChI=1S/C26H31N3O5S2/c1-4-28-20-9-7-6-8-18(20)22(27-12-10-17(11-13-27)25(32)34-5-2)19(23(28)30)16-21-24(31)29(14-15-33-3)26(35)36-21/h6-9,16-17H,4-5,10-15H2,1-3H3. The van der Waals surface area contributed by atoms with Gasteiger partial charge in [-0.05, 0) is 38.8 Å². The van der Waals surface area contributed by atoms with Crippen LogP contribution < -0.4 is 10.5 Å². The molecule has 4 rings (SSSR count). The fourth-order valence-corrected chi connectivity index (χ4v) is 6.09. The van der Waals surface area contributed by atoms with Crippen molar-refractivity contribution in [1.29, 1.82) is 0 Å². The van der Waals surface area contributed by atoms with Crippen LogP contribution >= 0.6 is 24.0 Å². The maximum Gasteiger partial charge on any atom is 0.309 e. The number of benzene rings is 1. The molecule has 36 heavy (non-hydrogen) atoms. The van der Waals surface area contributed by atoms with Gasteiger partial charge in [0.2, 0.25) is 0 Å². The number of thioether (sulfide) groups is 1. The predicted molar refractivity (Wildman–Crippen MR) is 147 cm³/mol. The van der Waals surface area contributed by atoms with E-state index in [2.05, 4.69) is 4.90 Å². The van der Waals surface area contributed by atoms with E-state index in [1.54, 1.807) is 17.8 Å². The molecule has 1 aromatic heterocycles. The number of nitrogens with zero attached hydrogens (tertiary/aromatic N) is 3. The fourth-order valence-electron chi connectivity index (χ4n) is 4.80. The van der Waals surface area contributed by atoms with E-state index in [0.717, 1.165) is 16.6 Å². The summed E-state index contributed by atoms with van der Waals surface area (Å²) in [6.45, 7) is 6.57. The second kappa shape index (κ2) is 11.6. The Labute approximate surface area is 220 Å². The zero-order chi connectivity index (χ0) is 25.8. The van der Waals surface area contributed by atoms with Gasteiger partial charge in [-0.1, -0.05) is 42.2 Å². The third-order valence-corrected chi connectivity index (χ3v) is 7.97. The second-order valence-electron chi connectivity index (χ2n) is 8.67. The number of hydrogen-bond donors (Lipinski definition) is 0. The molecule has 2 aliphatic heterocycles. The number of fused-ring (bicyclic) bond motifs is 1. The van der Waals surface area contributed by atoms with Crippen molar-refractivity contribution in [3.05, 3.63) is 45.1 Å². The molecule has 1 amide bonds. The molecule has 1 aromatic carbocycles. The number of aromatic nitrogens is 1. The number of anilines is 1. The van der Waals surface area contributed by atoms with Crippen molar-refractivity contribution in [3.63, 3.8) is 0 Å². The summed E-state index contributed by atoms with van der Waals surface area (Å²) in [4.78, 5) is 43.3. The zero-order valence-corrected chi connectivity index (χ0v) is 22.5. The van der Waals surface area contributed by atoms with Gasteiger partial charge >= 0.3 is 5.97 Å². The molecular weight excluding hydrogens is 498 g/mol. The lowest BCUT2D eigenvalue weighted by Gasteiger charge is -2.34. The molecule has 8 nitrogen and oxygen atoms in total. The van der Waals surface area contributed by atoms with Gasteiger partial charge in [-0.2, -0.15) is 0 Å². The summed E-state index contributed by atoms with van der Waals surface area (Å²) in [7, 11) is 1.58. The third kappa shape index (κ3) is 5.07. The Balaban J connectivity index is 1.80. The Morgan fingerprint density at radius 2 is 1.92 bits per heavy atom. The number of piperidine rings is 1. The molecule has 2 fully saturated rings. The maximum absolute atomic E-state index is 13.8. The van der Waals surface area contributed by atoms with Gasteiger partial charge in [-0.25, -0.2) is 0 Å². The Morgan fingerprint density at radius 3 is 2.58 bits per heavy atom. The Morgan fingerprint density at radius 1 is 1.19 bits per heavy atom. The summed E-state index contributed by atoms with van der Waals surface area (Å²) in [6.07, 6.45) is 2.98. The molecule has 10 heteroatoms. The van der Waals surface area contributed by atoms with Gasteiger partial charge in [0.25, 0.3) is 11.5 Å². The largest absolute Gasteiger partial charge is 0.466 e. The van der Waals surface area contributed by atoms with Crippen molar-refractivity contribution in [2.45, 2.75) is 33.2 Å². The number of methoxy groups -OCH3 is 1. The highest BCUT2D eigenvalue weighted by molar-refractivity contribution is 8.26. The first-order chi connectivity index (χ1) is 17.4. The number of pyridine rings is 1. The fraction of sp³-hybridized carbons (Fsp3) is 0.462. The summed E-state index contributed by atoms with van der Waals surface area (Å²) in [5, 5.41) is 0.939. The van der Waals surface area contributed by atoms with Crippen molar-refractivity contribution in [3.8, 4) is 0 Å². The minimum Gasteiger partial charge on any atom is -0.466 e. The van der Waals surface area contributed by atoms with Crippen molar-refractivity contribution in [2.24, 2.45) is 5.92 Å². The van der Waals surface area contributed by atoms with Crippen LogP contribution in [0.3, 0.4) is 0 Å². The molecule has 3 heterocycles. The highest BCUT2D eigenvalue weighted by Gasteiger charge is 2.34. The highest BCUT2D eigenvalue weighted by atomic mass is 32.2. The minimum atomic E-state index is -0.218. The van der Waals surface area contributed by atoms with Gasteiger partial charge < -0.3 is 18.9 Å². The lowest BCUT2D eigenvalue weighted by Crippen LogP contribution is -2.39. The molecule has 0 spiro atoms. The van der Waals surface area contributed by atoms with Crippen LogP contribution in [0.2, 0.25) is 0 Å². The van der Waals surface area contributed by atoms with E-state index in [0.29, 0.717) is 67.0 Å². The van der Waals surface area contributed by atoms with E-state index in [4.69, 9.17) is 21.7 Å². The average Bonchev–Trinajstić information content (AvgIpc) is 3.15. The lowest BCUT2D eigenvalue weighted by molar-refractivity contribution is -0.148.